The highest BCUT2D eigenvalue weighted by molar-refractivity contribution is 6.33. The summed E-state index contributed by atoms with van der Waals surface area (Å²) in [6, 6.07) is 5.82. The molecule has 0 saturated heterocycles. The molecule has 1 atom stereocenters. The molecule has 6 heteroatoms. The summed E-state index contributed by atoms with van der Waals surface area (Å²) in [6.45, 7) is 5.63. The highest BCUT2D eigenvalue weighted by atomic mass is 35.5. The lowest BCUT2D eigenvalue weighted by Gasteiger charge is -2.11. The maximum absolute atomic E-state index is 13.0. The average Bonchev–Trinajstić information content (AvgIpc) is 2.74. The molecule has 2 rings (SSSR count). The zero-order chi connectivity index (χ0) is 15.6. The Balaban J connectivity index is 2.37. The van der Waals surface area contributed by atoms with Gasteiger partial charge in [-0.2, -0.15) is 5.10 Å². The largest absolute Gasteiger partial charge is 0.349 e. The van der Waals surface area contributed by atoms with Gasteiger partial charge in [0.15, 0.2) is 0 Å². The summed E-state index contributed by atoms with van der Waals surface area (Å²) in [5.41, 5.74) is 1.48. The summed E-state index contributed by atoms with van der Waals surface area (Å²) >= 11 is 6.27. The molecule has 0 radical (unpaired) electrons. The Bertz CT molecular complexity index is 652. The average molecular weight is 310 g/mol. The summed E-state index contributed by atoms with van der Waals surface area (Å²) in [5.74, 6) is -0.589. The molecule has 0 aliphatic rings. The Morgan fingerprint density at radius 3 is 2.62 bits per heavy atom. The molecule has 1 aromatic carbocycles. The van der Waals surface area contributed by atoms with Gasteiger partial charge in [-0.05, 0) is 44.5 Å². The van der Waals surface area contributed by atoms with Crippen molar-refractivity contribution in [2.45, 2.75) is 33.2 Å². The lowest BCUT2D eigenvalue weighted by atomic mass is 10.2. The molecule has 1 heterocycles. The minimum atomic E-state index is -0.339. The fraction of sp³-hybridized carbons (Fsp3) is 0.333. The number of nitrogens with zero attached hydrogens (tertiary/aromatic N) is 2. The maximum atomic E-state index is 13.0. The van der Waals surface area contributed by atoms with Crippen LogP contribution in [0.2, 0.25) is 5.15 Å². The predicted molar refractivity (Wildman–Crippen MR) is 80.5 cm³/mol. The molecule has 1 unspecified atom stereocenters. The SMILES string of the molecule is CCC(C)NC(=O)c1c(C)nn(-c2ccc(F)cc2)c1Cl. The van der Waals surface area contributed by atoms with Crippen LogP contribution in [0.1, 0.15) is 36.3 Å². The van der Waals surface area contributed by atoms with Gasteiger partial charge < -0.3 is 5.32 Å². The van der Waals surface area contributed by atoms with Gasteiger partial charge in [0.1, 0.15) is 11.0 Å². The van der Waals surface area contributed by atoms with E-state index in [-0.39, 0.29) is 22.9 Å². The molecule has 1 amide bonds. The molecule has 0 saturated carbocycles. The van der Waals surface area contributed by atoms with Crippen LogP contribution in [0.3, 0.4) is 0 Å². The lowest BCUT2D eigenvalue weighted by Crippen LogP contribution is -2.32. The van der Waals surface area contributed by atoms with E-state index >= 15 is 0 Å². The Morgan fingerprint density at radius 2 is 2.05 bits per heavy atom. The normalized spacial score (nSPS) is 12.2. The minimum Gasteiger partial charge on any atom is -0.349 e. The van der Waals surface area contributed by atoms with Crippen molar-refractivity contribution in [3.63, 3.8) is 0 Å². The molecular weight excluding hydrogens is 293 g/mol. The number of benzene rings is 1. The van der Waals surface area contributed by atoms with Crippen molar-refractivity contribution in [1.29, 1.82) is 0 Å². The molecule has 1 aromatic heterocycles. The number of halogens is 2. The standard InChI is InChI=1S/C15H17ClFN3O/c1-4-9(2)18-15(21)13-10(3)19-20(14(13)16)12-7-5-11(17)6-8-12/h5-9H,4H2,1-3H3,(H,18,21). The van der Waals surface area contributed by atoms with E-state index in [1.807, 2.05) is 13.8 Å². The molecule has 112 valence electrons. The van der Waals surface area contributed by atoms with Gasteiger partial charge in [0.25, 0.3) is 5.91 Å². The van der Waals surface area contributed by atoms with Gasteiger partial charge in [-0.25, -0.2) is 9.07 Å². The van der Waals surface area contributed by atoms with Crippen LogP contribution in [0.25, 0.3) is 5.69 Å². The number of aromatic nitrogens is 2. The lowest BCUT2D eigenvalue weighted by molar-refractivity contribution is 0.0939. The van der Waals surface area contributed by atoms with Crippen LogP contribution >= 0.6 is 11.6 Å². The monoisotopic (exact) mass is 309 g/mol. The van der Waals surface area contributed by atoms with E-state index in [9.17, 15) is 9.18 Å². The number of carbonyl (C=O) groups excluding carboxylic acids is 1. The summed E-state index contributed by atoms with van der Waals surface area (Å²) < 4.78 is 14.4. The van der Waals surface area contributed by atoms with E-state index in [1.54, 1.807) is 19.1 Å². The summed E-state index contributed by atoms with van der Waals surface area (Å²) in [7, 11) is 0. The second kappa shape index (κ2) is 6.26. The summed E-state index contributed by atoms with van der Waals surface area (Å²) in [4.78, 5) is 12.2. The molecule has 0 spiro atoms. The van der Waals surface area contributed by atoms with E-state index in [2.05, 4.69) is 10.4 Å². The molecule has 0 aliphatic heterocycles. The zero-order valence-corrected chi connectivity index (χ0v) is 12.9. The van der Waals surface area contributed by atoms with Crippen LogP contribution in [0.4, 0.5) is 4.39 Å². The number of hydrogen-bond acceptors (Lipinski definition) is 2. The third kappa shape index (κ3) is 3.24. The Kier molecular flexibility index (Phi) is 4.63. The van der Waals surface area contributed by atoms with Gasteiger partial charge in [0.2, 0.25) is 0 Å². The number of nitrogens with one attached hydrogen (secondary N) is 1. The van der Waals surface area contributed by atoms with Gasteiger partial charge >= 0.3 is 0 Å². The number of hydrogen-bond donors (Lipinski definition) is 1. The molecule has 4 nitrogen and oxygen atoms in total. The van der Waals surface area contributed by atoms with Crippen LogP contribution < -0.4 is 5.32 Å². The summed E-state index contributed by atoms with van der Waals surface area (Å²) in [6.07, 6.45) is 0.828. The minimum absolute atomic E-state index is 0.0575. The van der Waals surface area contributed by atoms with Gasteiger partial charge in [-0.3, -0.25) is 4.79 Å². The van der Waals surface area contributed by atoms with E-state index in [0.29, 0.717) is 16.9 Å². The first kappa shape index (κ1) is 15.5. The van der Waals surface area contributed by atoms with Gasteiger partial charge in [0, 0.05) is 6.04 Å². The quantitative estimate of drug-likeness (QED) is 0.939. The van der Waals surface area contributed by atoms with Crippen molar-refractivity contribution in [2.24, 2.45) is 0 Å². The van der Waals surface area contributed by atoms with Crippen LogP contribution in [0.5, 0.6) is 0 Å². The number of carbonyl (C=O) groups is 1. The van der Waals surface area contributed by atoms with Gasteiger partial charge in [0.05, 0.1) is 16.9 Å². The van der Waals surface area contributed by atoms with Crippen LogP contribution in [-0.2, 0) is 0 Å². The first-order valence-corrected chi connectivity index (χ1v) is 7.13. The van der Waals surface area contributed by atoms with E-state index in [4.69, 9.17) is 11.6 Å². The Labute approximate surface area is 127 Å². The van der Waals surface area contributed by atoms with Gasteiger partial charge in [-0.1, -0.05) is 18.5 Å². The van der Waals surface area contributed by atoms with E-state index < -0.39 is 0 Å². The molecule has 0 fully saturated rings. The fourth-order valence-corrected chi connectivity index (χ4v) is 2.27. The van der Waals surface area contributed by atoms with Crippen molar-refractivity contribution in [1.82, 2.24) is 15.1 Å². The van der Waals surface area contributed by atoms with Crippen LogP contribution in [0.15, 0.2) is 24.3 Å². The number of amides is 1. The van der Waals surface area contributed by atoms with Crippen LogP contribution in [0, 0.1) is 12.7 Å². The smallest absolute Gasteiger partial charge is 0.256 e. The third-order valence-corrected chi connectivity index (χ3v) is 3.64. The van der Waals surface area contributed by atoms with Crippen LogP contribution in [-0.4, -0.2) is 21.7 Å². The molecule has 0 aliphatic carbocycles. The molecule has 21 heavy (non-hydrogen) atoms. The number of rotatable bonds is 4. The molecule has 1 N–H and O–H groups in total. The Morgan fingerprint density at radius 1 is 1.43 bits per heavy atom. The molecule has 0 bridgehead atoms. The number of aryl methyl sites for hydroxylation is 1. The van der Waals surface area contributed by atoms with Crippen molar-refractivity contribution >= 4 is 17.5 Å². The van der Waals surface area contributed by atoms with E-state index in [1.165, 1.54) is 16.8 Å². The highest BCUT2D eigenvalue weighted by Gasteiger charge is 2.21. The van der Waals surface area contributed by atoms with Crippen molar-refractivity contribution < 1.29 is 9.18 Å². The second-order valence-electron chi connectivity index (χ2n) is 4.92. The van der Waals surface area contributed by atoms with Gasteiger partial charge in [-0.15, -0.1) is 0 Å². The first-order valence-electron chi connectivity index (χ1n) is 6.76. The zero-order valence-electron chi connectivity index (χ0n) is 12.2. The first-order chi connectivity index (χ1) is 9.93. The topological polar surface area (TPSA) is 46.9 Å². The van der Waals surface area contributed by atoms with E-state index in [0.717, 1.165) is 6.42 Å². The third-order valence-electron chi connectivity index (χ3n) is 3.29. The second-order valence-corrected chi connectivity index (χ2v) is 5.28. The van der Waals surface area contributed by atoms with Crippen molar-refractivity contribution in [3.8, 4) is 5.69 Å². The van der Waals surface area contributed by atoms with Crippen molar-refractivity contribution in [2.75, 3.05) is 0 Å². The molecular formula is C15H17ClFN3O. The Hall–Kier alpha value is -1.88. The maximum Gasteiger partial charge on any atom is 0.256 e. The van der Waals surface area contributed by atoms with Crippen molar-refractivity contribution in [3.05, 3.63) is 46.5 Å². The fourth-order valence-electron chi connectivity index (χ4n) is 1.91. The summed E-state index contributed by atoms with van der Waals surface area (Å²) in [5, 5.41) is 7.35. The highest BCUT2D eigenvalue weighted by Crippen LogP contribution is 2.23. The predicted octanol–water partition coefficient (Wildman–Crippen LogP) is 3.50. The molecule has 2 aromatic rings.